The molecule has 178 valence electrons. The monoisotopic (exact) mass is 590 g/mol. The van der Waals surface area contributed by atoms with Crippen LogP contribution in [0.4, 0.5) is 10.2 Å². The molecule has 0 saturated carbocycles. The Bertz CT molecular complexity index is 1320. The van der Waals surface area contributed by atoms with Crippen molar-refractivity contribution in [2.45, 2.75) is 44.9 Å². The predicted molar refractivity (Wildman–Crippen MR) is 129 cm³/mol. The van der Waals surface area contributed by atoms with E-state index in [0.717, 1.165) is 9.13 Å². The van der Waals surface area contributed by atoms with Gasteiger partial charge < -0.3 is 19.8 Å². The first kappa shape index (κ1) is 23.9. The van der Waals surface area contributed by atoms with E-state index < -0.39 is 20.8 Å². The molecule has 0 aliphatic carbocycles. The maximum Gasteiger partial charge on any atom is 0.312 e. The summed E-state index contributed by atoms with van der Waals surface area (Å²) in [7, 11) is -3.47. The Morgan fingerprint density at radius 3 is 2.61 bits per heavy atom. The molecule has 3 heterocycles. The number of hydrogen-bond acceptors (Lipinski definition) is 8. The molecule has 2 aromatic heterocycles. The highest BCUT2D eigenvalue weighted by Crippen LogP contribution is 2.36. The van der Waals surface area contributed by atoms with E-state index >= 15 is 0 Å². The van der Waals surface area contributed by atoms with Crippen LogP contribution in [0.3, 0.4) is 0 Å². The minimum atomic E-state index is -3.47. The molecule has 0 bridgehead atoms. The molecular formula is C20H24FIN6O4S. The Balaban J connectivity index is 1.63. The van der Waals surface area contributed by atoms with Gasteiger partial charge >= 0.3 is 6.08 Å². The van der Waals surface area contributed by atoms with Gasteiger partial charge in [-0.3, -0.25) is 0 Å². The van der Waals surface area contributed by atoms with Crippen LogP contribution in [-0.4, -0.2) is 46.0 Å². The van der Waals surface area contributed by atoms with E-state index in [-0.39, 0.29) is 24.8 Å². The molecule has 0 radical (unpaired) electrons. The van der Waals surface area contributed by atoms with Gasteiger partial charge in [0.1, 0.15) is 5.82 Å². The second kappa shape index (κ2) is 8.83. The van der Waals surface area contributed by atoms with Gasteiger partial charge in [-0.15, -0.1) is 0 Å². The molecule has 0 atom stereocenters. The van der Waals surface area contributed by atoms with E-state index in [4.69, 9.17) is 15.2 Å². The van der Waals surface area contributed by atoms with Crippen LogP contribution in [-0.2, 0) is 23.0 Å². The van der Waals surface area contributed by atoms with Gasteiger partial charge in [0.15, 0.2) is 28.5 Å². The lowest BCUT2D eigenvalue weighted by atomic mass is 10.1. The highest BCUT2D eigenvalue weighted by molar-refractivity contribution is 14.1. The highest BCUT2D eigenvalue weighted by Gasteiger charge is 2.28. The van der Waals surface area contributed by atoms with E-state index in [1.54, 1.807) is 25.3 Å². The zero-order chi connectivity index (χ0) is 24.0. The SMILES string of the molecule is CC(C)(C)S(=O)(=O)NCCCn1c(Cc2cc3c(cc2I)OCO3)nc2c(N)nc(F)nc21. The lowest BCUT2D eigenvalue weighted by Gasteiger charge is -2.19. The summed E-state index contributed by atoms with van der Waals surface area (Å²) in [5.41, 5.74) is 7.41. The molecule has 0 fully saturated rings. The van der Waals surface area contributed by atoms with Gasteiger partial charge in [0.25, 0.3) is 0 Å². The number of nitrogen functional groups attached to an aromatic ring is 1. The molecule has 4 rings (SSSR count). The molecule has 3 aromatic rings. The lowest BCUT2D eigenvalue weighted by molar-refractivity contribution is 0.174. The molecule has 0 unspecified atom stereocenters. The first-order valence-corrected chi connectivity index (χ1v) is 12.8. The van der Waals surface area contributed by atoms with E-state index in [1.165, 1.54) is 0 Å². The summed E-state index contributed by atoms with van der Waals surface area (Å²) in [4.78, 5) is 12.1. The number of benzene rings is 1. The van der Waals surface area contributed by atoms with Crippen molar-refractivity contribution in [1.29, 1.82) is 0 Å². The second-order valence-corrected chi connectivity index (χ2v) is 12.2. The second-order valence-electron chi connectivity index (χ2n) is 8.57. The molecule has 3 N–H and O–H groups in total. The van der Waals surface area contributed by atoms with Crippen LogP contribution >= 0.6 is 22.6 Å². The van der Waals surface area contributed by atoms with Crippen molar-refractivity contribution < 1.29 is 22.3 Å². The molecule has 0 amide bonds. The van der Waals surface area contributed by atoms with Crippen LogP contribution in [0.1, 0.15) is 38.6 Å². The number of aryl methyl sites for hydroxylation is 1. The minimum absolute atomic E-state index is 0.0497. The molecule has 33 heavy (non-hydrogen) atoms. The Kier molecular flexibility index (Phi) is 6.39. The third kappa shape index (κ3) is 4.84. The molecule has 13 heteroatoms. The Morgan fingerprint density at radius 2 is 1.91 bits per heavy atom. The number of hydrogen-bond donors (Lipinski definition) is 2. The number of imidazole rings is 1. The number of rotatable bonds is 7. The number of ether oxygens (including phenoxy) is 2. The van der Waals surface area contributed by atoms with Gasteiger partial charge in [0.05, 0.1) is 4.75 Å². The van der Waals surface area contributed by atoms with Crippen LogP contribution in [0.5, 0.6) is 11.5 Å². The fourth-order valence-corrected chi connectivity index (χ4v) is 4.81. The van der Waals surface area contributed by atoms with Crippen molar-refractivity contribution in [1.82, 2.24) is 24.2 Å². The van der Waals surface area contributed by atoms with Gasteiger partial charge in [-0.25, -0.2) is 18.1 Å². The van der Waals surface area contributed by atoms with Gasteiger partial charge in [0, 0.05) is 23.1 Å². The van der Waals surface area contributed by atoms with Crippen LogP contribution in [0.2, 0.25) is 0 Å². The molecule has 1 aromatic carbocycles. The van der Waals surface area contributed by atoms with Crippen LogP contribution in [0, 0.1) is 9.65 Å². The van der Waals surface area contributed by atoms with Gasteiger partial charge in [-0.05, 0) is 67.5 Å². The first-order chi connectivity index (χ1) is 15.5. The van der Waals surface area contributed by atoms with E-state index in [1.807, 2.05) is 12.1 Å². The molecule has 0 saturated heterocycles. The fraction of sp³-hybridized carbons (Fsp3) is 0.450. The number of fused-ring (bicyclic) bond motifs is 2. The van der Waals surface area contributed by atoms with Crippen molar-refractivity contribution in [2.24, 2.45) is 0 Å². The number of nitrogens with two attached hydrogens (primary N) is 1. The van der Waals surface area contributed by atoms with Crippen molar-refractivity contribution in [2.75, 3.05) is 19.1 Å². The zero-order valence-corrected chi connectivity index (χ0v) is 21.3. The molecule has 1 aliphatic heterocycles. The van der Waals surface area contributed by atoms with E-state index in [2.05, 4.69) is 42.3 Å². The van der Waals surface area contributed by atoms with Crippen LogP contribution in [0.15, 0.2) is 12.1 Å². The molecular weight excluding hydrogens is 566 g/mol. The highest BCUT2D eigenvalue weighted by atomic mass is 127. The number of aromatic nitrogens is 4. The Hall–Kier alpha value is -2.26. The fourth-order valence-electron chi connectivity index (χ4n) is 3.33. The van der Waals surface area contributed by atoms with Crippen LogP contribution < -0.4 is 19.9 Å². The van der Waals surface area contributed by atoms with E-state index in [9.17, 15) is 12.8 Å². The average molecular weight is 590 g/mol. The number of halogens is 2. The summed E-state index contributed by atoms with van der Waals surface area (Å²) in [5.74, 6) is 1.88. The van der Waals surface area contributed by atoms with Crippen LogP contribution in [0.25, 0.3) is 11.2 Å². The van der Waals surface area contributed by atoms with Crippen molar-refractivity contribution >= 4 is 49.6 Å². The Morgan fingerprint density at radius 1 is 1.21 bits per heavy atom. The standard InChI is InChI=1S/C20H24FIN6O4S/c1-20(2,3)33(29,30)24-5-4-6-28-15(25-16-17(23)26-19(21)27-18(16)28)8-11-7-13-14(9-12(11)22)32-10-31-13/h7,9,24H,4-6,8,10H2,1-3H3,(H2,23,26,27). The number of anilines is 1. The number of nitrogens with zero attached hydrogens (tertiary/aromatic N) is 4. The van der Waals surface area contributed by atoms with E-state index in [0.29, 0.717) is 42.2 Å². The smallest absolute Gasteiger partial charge is 0.312 e. The molecule has 10 nitrogen and oxygen atoms in total. The maximum atomic E-state index is 13.9. The number of nitrogens with one attached hydrogen (secondary N) is 1. The summed E-state index contributed by atoms with van der Waals surface area (Å²) in [5, 5.41) is 0. The number of sulfonamides is 1. The normalized spacial score (nSPS) is 13.7. The van der Waals surface area contributed by atoms with Gasteiger partial charge in [-0.1, -0.05) is 0 Å². The topological polar surface area (TPSA) is 134 Å². The van der Waals surface area contributed by atoms with Crippen molar-refractivity contribution in [3.05, 3.63) is 33.2 Å². The largest absolute Gasteiger partial charge is 0.454 e. The molecule has 1 aliphatic rings. The maximum absolute atomic E-state index is 13.9. The lowest BCUT2D eigenvalue weighted by Crippen LogP contribution is -2.39. The summed E-state index contributed by atoms with van der Waals surface area (Å²) in [6.07, 6.45) is -0.101. The summed E-state index contributed by atoms with van der Waals surface area (Å²) in [6, 6.07) is 3.78. The zero-order valence-electron chi connectivity index (χ0n) is 18.4. The van der Waals surface area contributed by atoms with Gasteiger partial charge in [0.2, 0.25) is 16.8 Å². The molecule has 0 spiro atoms. The predicted octanol–water partition coefficient (Wildman–Crippen LogP) is 2.58. The summed E-state index contributed by atoms with van der Waals surface area (Å²) < 4.78 is 53.9. The van der Waals surface area contributed by atoms with Crippen molar-refractivity contribution in [3.63, 3.8) is 0 Å². The Labute approximate surface area is 204 Å². The average Bonchev–Trinajstić information content (AvgIpc) is 3.29. The first-order valence-electron chi connectivity index (χ1n) is 10.2. The van der Waals surface area contributed by atoms with Crippen molar-refractivity contribution in [3.8, 4) is 11.5 Å². The third-order valence-electron chi connectivity index (χ3n) is 5.22. The quantitative estimate of drug-likeness (QED) is 0.244. The van der Waals surface area contributed by atoms with Gasteiger partial charge in [-0.2, -0.15) is 14.4 Å². The summed E-state index contributed by atoms with van der Waals surface area (Å²) >= 11 is 2.21. The minimum Gasteiger partial charge on any atom is -0.454 e. The summed E-state index contributed by atoms with van der Waals surface area (Å²) in [6.45, 7) is 5.63. The third-order valence-corrected chi connectivity index (χ3v) is 8.42.